The molecule has 1 aliphatic rings. The first-order valence-electron chi connectivity index (χ1n) is 6.15. The van der Waals surface area contributed by atoms with E-state index < -0.39 is 22.2 Å². The van der Waals surface area contributed by atoms with Crippen molar-refractivity contribution < 1.29 is 13.5 Å². The van der Waals surface area contributed by atoms with Gasteiger partial charge in [-0.15, -0.1) is 0 Å². The molecular formula is C12H17ClN2O3S. The maximum absolute atomic E-state index is 12.3. The van der Waals surface area contributed by atoms with Crippen molar-refractivity contribution in [3.05, 3.63) is 23.2 Å². The van der Waals surface area contributed by atoms with Crippen molar-refractivity contribution in [1.29, 1.82) is 0 Å². The SMILES string of the molecule is Nc1ccc(Cl)cc1S(=O)(=O)NC1CCCCC1O. The maximum Gasteiger partial charge on any atom is 0.243 e. The van der Waals surface area contributed by atoms with Crippen LogP contribution in [-0.4, -0.2) is 25.7 Å². The van der Waals surface area contributed by atoms with Gasteiger partial charge in [-0.2, -0.15) is 0 Å². The van der Waals surface area contributed by atoms with Gasteiger partial charge in [0.1, 0.15) is 4.90 Å². The number of hydrogen-bond acceptors (Lipinski definition) is 4. The molecule has 0 aromatic heterocycles. The fraction of sp³-hybridized carbons (Fsp3) is 0.500. The number of benzene rings is 1. The van der Waals surface area contributed by atoms with Gasteiger partial charge in [0.15, 0.2) is 0 Å². The van der Waals surface area contributed by atoms with E-state index in [1.165, 1.54) is 18.2 Å². The number of nitrogens with two attached hydrogens (primary N) is 1. The van der Waals surface area contributed by atoms with Crippen molar-refractivity contribution in [3.8, 4) is 0 Å². The van der Waals surface area contributed by atoms with Gasteiger partial charge in [-0.1, -0.05) is 24.4 Å². The Balaban J connectivity index is 2.24. The summed E-state index contributed by atoms with van der Waals surface area (Å²) in [5.74, 6) is 0. The highest BCUT2D eigenvalue weighted by Crippen LogP contribution is 2.25. The Labute approximate surface area is 117 Å². The first-order valence-corrected chi connectivity index (χ1v) is 8.02. The molecule has 0 heterocycles. The predicted molar refractivity (Wildman–Crippen MR) is 74.4 cm³/mol. The normalized spacial score (nSPS) is 24.3. The van der Waals surface area contributed by atoms with Crippen LogP contribution in [0.15, 0.2) is 23.1 Å². The number of sulfonamides is 1. The predicted octanol–water partition coefficient (Wildman–Crippen LogP) is 1.50. The molecule has 106 valence electrons. The molecule has 0 bridgehead atoms. The van der Waals surface area contributed by atoms with Crippen LogP contribution >= 0.6 is 11.6 Å². The van der Waals surface area contributed by atoms with Gasteiger partial charge in [-0.3, -0.25) is 0 Å². The zero-order chi connectivity index (χ0) is 14.0. The highest BCUT2D eigenvalue weighted by atomic mass is 35.5. The molecule has 1 aromatic rings. The van der Waals surface area contributed by atoms with E-state index in [2.05, 4.69) is 4.72 Å². The van der Waals surface area contributed by atoms with Gasteiger partial charge in [0, 0.05) is 11.1 Å². The molecule has 5 nitrogen and oxygen atoms in total. The minimum Gasteiger partial charge on any atom is -0.398 e. The average molecular weight is 305 g/mol. The molecule has 2 atom stereocenters. The fourth-order valence-corrected chi connectivity index (χ4v) is 3.95. The van der Waals surface area contributed by atoms with Gasteiger partial charge in [0.25, 0.3) is 0 Å². The molecule has 0 amide bonds. The lowest BCUT2D eigenvalue weighted by atomic mass is 9.93. The molecule has 1 aliphatic carbocycles. The second-order valence-electron chi connectivity index (χ2n) is 4.76. The van der Waals surface area contributed by atoms with E-state index in [0.717, 1.165) is 12.8 Å². The minimum atomic E-state index is -3.77. The van der Waals surface area contributed by atoms with Gasteiger partial charge < -0.3 is 10.8 Å². The number of halogens is 1. The summed E-state index contributed by atoms with van der Waals surface area (Å²) in [5.41, 5.74) is 5.82. The smallest absolute Gasteiger partial charge is 0.243 e. The largest absolute Gasteiger partial charge is 0.398 e. The van der Waals surface area contributed by atoms with Gasteiger partial charge in [-0.05, 0) is 31.0 Å². The standard InChI is InChI=1S/C12H17ClN2O3S/c13-8-5-6-9(14)12(7-8)19(17,18)15-10-3-1-2-4-11(10)16/h5-7,10-11,15-16H,1-4,14H2. The Morgan fingerprint density at radius 2 is 2.00 bits per heavy atom. The summed E-state index contributed by atoms with van der Waals surface area (Å²) in [5, 5.41) is 10.1. The Kier molecular flexibility index (Phi) is 4.35. The Morgan fingerprint density at radius 1 is 1.32 bits per heavy atom. The molecular weight excluding hydrogens is 288 g/mol. The molecule has 1 aromatic carbocycles. The fourth-order valence-electron chi connectivity index (χ4n) is 2.25. The Hall–Kier alpha value is -0.820. The van der Waals surface area contributed by atoms with Crippen LogP contribution in [-0.2, 0) is 10.0 Å². The summed E-state index contributed by atoms with van der Waals surface area (Å²) in [6.07, 6.45) is 2.40. The van der Waals surface area contributed by atoms with Crippen molar-refractivity contribution in [2.45, 2.75) is 42.7 Å². The van der Waals surface area contributed by atoms with E-state index in [-0.39, 0.29) is 10.6 Å². The molecule has 1 fully saturated rings. The topological polar surface area (TPSA) is 92.4 Å². The van der Waals surface area contributed by atoms with E-state index in [9.17, 15) is 13.5 Å². The third kappa shape index (κ3) is 3.39. The number of hydrogen-bond donors (Lipinski definition) is 3. The third-order valence-corrected chi connectivity index (χ3v) is 5.08. The maximum atomic E-state index is 12.3. The summed E-state index contributed by atoms with van der Waals surface area (Å²) in [4.78, 5) is -0.0437. The quantitative estimate of drug-likeness (QED) is 0.738. The highest BCUT2D eigenvalue weighted by molar-refractivity contribution is 7.89. The number of nitrogens with one attached hydrogen (secondary N) is 1. The van der Waals surface area contributed by atoms with E-state index >= 15 is 0 Å². The van der Waals surface area contributed by atoms with Gasteiger partial charge >= 0.3 is 0 Å². The first kappa shape index (κ1) is 14.6. The van der Waals surface area contributed by atoms with Crippen LogP contribution in [0.4, 0.5) is 5.69 Å². The van der Waals surface area contributed by atoms with Crippen LogP contribution in [0, 0.1) is 0 Å². The van der Waals surface area contributed by atoms with E-state index in [1.807, 2.05) is 0 Å². The lowest BCUT2D eigenvalue weighted by Gasteiger charge is -2.28. The summed E-state index contributed by atoms with van der Waals surface area (Å²) in [6, 6.07) is 3.84. The summed E-state index contributed by atoms with van der Waals surface area (Å²) in [6.45, 7) is 0. The molecule has 0 spiro atoms. The van der Waals surface area contributed by atoms with Crippen molar-refractivity contribution in [2.75, 3.05) is 5.73 Å². The molecule has 0 saturated heterocycles. The second-order valence-corrected chi connectivity index (χ2v) is 6.88. The minimum absolute atomic E-state index is 0.0437. The van der Waals surface area contributed by atoms with E-state index in [0.29, 0.717) is 17.9 Å². The van der Waals surface area contributed by atoms with Crippen LogP contribution in [0.5, 0.6) is 0 Å². The van der Waals surface area contributed by atoms with Crippen LogP contribution < -0.4 is 10.5 Å². The summed E-state index contributed by atoms with van der Waals surface area (Å²) < 4.78 is 27.0. The van der Waals surface area contributed by atoms with Gasteiger partial charge in [0.05, 0.1) is 11.8 Å². The Morgan fingerprint density at radius 3 is 2.68 bits per heavy atom. The number of anilines is 1. The number of nitrogen functional groups attached to an aromatic ring is 1. The van der Waals surface area contributed by atoms with Gasteiger partial charge in [-0.25, -0.2) is 13.1 Å². The monoisotopic (exact) mass is 304 g/mol. The summed E-state index contributed by atoms with van der Waals surface area (Å²) in [7, 11) is -3.77. The molecule has 19 heavy (non-hydrogen) atoms. The first-order chi connectivity index (χ1) is 8.90. The van der Waals surface area contributed by atoms with E-state index in [1.54, 1.807) is 0 Å². The zero-order valence-electron chi connectivity index (χ0n) is 10.3. The molecule has 2 unspecified atom stereocenters. The van der Waals surface area contributed by atoms with Crippen LogP contribution in [0.1, 0.15) is 25.7 Å². The summed E-state index contributed by atoms with van der Waals surface area (Å²) >= 11 is 5.80. The Bertz CT molecular complexity index is 562. The number of aliphatic hydroxyl groups is 1. The third-order valence-electron chi connectivity index (χ3n) is 3.30. The number of rotatable bonds is 3. The molecule has 2 rings (SSSR count). The van der Waals surface area contributed by atoms with Crippen LogP contribution in [0.25, 0.3) is 0 Å². The lowest BCUT2D eigenvalue weighted by Crippen LogP contribution is -2.45. The highest BCUT2D eigenvalue weighted by Gasteiger charge is 2.29. The van der Waals surface area contributed by atoms with Crippen LogP contribution in [0.3, 0.4) is 0 Å². The number of aliphatic hydroxyl groups excluding tert-OH is 1. The van der Waals surface area contributed by atoms with Crippen molar-refractivity contribution in [2.24, 2.45) is 0 Å². The molecule has 1 saturated carbocycles. The van der Waals surface area contributed by atoms with Gasteiger partial charge in [0.2, 0.25) is 10.0 Å². The average Bonchev–Trinajstić information content (AvgIpc) is 2.35. The second kappa shape index (κ2) is 5.66. The zero-order valence-corrected chi connectivity index (χ0v) is 11.9. The van der Waals surface area contributed by atoms with E-state index in [4.69, 9.17) is 17.3 Å². The van der Waals surface area contributed by atoms with Crippen molar-refractivity contribution in [1.82, 2.24) is 4.72 Å². The lowest BCUT2D eigenvalue weighted by molar-refractivity contribution is 0.101. The van der Waals surface area contributed by atoms with Crippen molar-refractivity contribution >= 4 is 27.3 Å². The molecule has 0 aliphatic heterocycles. The van der Waals surface area contributed by atoms with Crippen molar-refractivity contribution in [3.63, 3.8) is 0 Å². The van der Waals surface area contributed by atoms with Crippen LogP contribution in [0.2, 0.25) is 5.02 Å². The molecule has 0 radical (unpaired) electrons. The molecule has 7 heteroatoms. The molecule has 4 N–H and O–H groups in total.